The molecule has 0 aromatic carbocycles. The van der Waals surface area contributed by atoms with Crippen LogP contribution in [0.15, 0.2) is 36.5 Å². The van der Waals surface area contributed by atoms with Gasteiger partial charge in [0.25, 0.3) is 0 Å². The van der Waals surface area contributed by atoms with Crippen LogP contribution in [0.1, 0.15) is 187 Å². The second-order valence-electron chi connectivity index (χ2n) is 13.2. The largest absolute Gasteiger partial charge is 0.462 e. The second kappa shape index (κ2) is 36.9. The van der Waals surface area contributed by atoms with Crippen molar-refractivity contribution in [3.63, 3.8) is 0 Å². The molecule has 0 fully saturated rings. The third-order valence-electron chi connectivity index (χ3n) is 8.55. The third kappa shape index (κ3) is 35.2. The molecule has 0 aromatic rings. The van der Waals surface area contributed by atoms with Gasteiger partial charge in [-0.2, -0.15) is 0 Å². The maximum absolute atomic E-state index is 12.2. The molecule has 0 aromatic heterocycles. The van der Waals surface area contributed by atoms with Gasteiger partial charge in [-0.25, -0.2) is 0 Å². The summed E-state index contributed by atoms with van der Waals surface area (Å²) >= 11 is 0. The van der Waals surface area contributed by atoms with E-state index in [0.717, 1.165) is 70.6 Å². The number of unbranched alkanes of at least 4 members (excludes halogenated alkanes) is 20. The third-order valence-corrected chi connectivity index (χ3v) is 8.55. The monoisotopic (exact) mass is 663 g/mol. The van der Waals surface area contributed by atoms with Gasteiger partial charge in [-0.05, 0) is 32.1 Å². The Morgan fingerprint density at radius 1 is 0.596 bits per heavy atom. The first kappa shape index (κ1) is 45.1. The van der Waals surface area contributed by atoms with E-state index in [1.54, 1.807) is 0 Å². The van der Waals surface area contributed by atoms with Gasteiger partial charge in [0.05, 0.1) is 12.7 Å². The smallest absolute Gasteiger partial charge is 0.306 e. The van der Waals surface area contributed by atoms with Gasteiger partial charge >= 0.3 is 11.9 Å². The molecule has 0 saturated carbocycles. The number of carbonyl (C=O) groups excluding carboxylic acids is 2. The molecule has 2 N–H and O–H groups in total. The van der Waals surface area contributed by atoms with Crippen molar-refractivity contribution in [2.45, 2.75) is 199 Å². The van der Waals surface area contributed by atoms with Gasteiger partial charge in [-0.15, -0.1) is 0 Å². The zero-order valence-electron chi connectivity index (χ0n) is 30.7. The lowest BCUT2D eigenvalue weighted by molar-refractivity contribution is -0.161. The molecular weight excluding hydrogens is 588 g/mol. The second-order valence-corrected chi connectivity index (χ2v) is 13.2. The van der Waals surface area contributed by atoms with Crippen molar-refractivity contribution in [2.75, 3.05) is 13.2 Å². The van der Waals surface area contributed by atoms with Crippen molar-refractivity contribution >= 4 is 11.9 Å². The van der Waals surface area contributed by atoms with Gasteiger partial charge in [0.15, 0.2) is 6.10 Å². The topological polar surface area (TPSA) is 93.1 Å². The number of esters is 2. The minimum absolute atomic E-state index is 0.101. The average Bonchev–Trinajstić information content (AvgIpc) is 3.07. The quantitative estimate of drug-likeness (QED) is 0.0304. The number of carbonyl (C=O) groups is 2. The highest BCUT2D eigenvalue weighted by Gasteiger charge is 2.16. The van der Waals surface area contributed by atoms with Gasteiger partial charge in [0.1, 0.15) is 6.61 Å². The van der Waals surface area contributed by atoms with E-state index in [1.165, 1.54) is 89.9 Å². The van der Waals surface area contributed by atoms with E-state index in [-0.39, 0.29) is 25.2 Å². The zero-order valence-corrected chi connectivity index (χ0v) is 30.7. The van der Waals surface area contributed by atoms with E-state index in [2.05, 4.69) is 32.1 Å². The SMILES string of the molecule is CC/C=C/C/C=C/C=C/C(O)CCCCCCCC(=O)OC[C@H](CO)OC(=O)CCCCCCCCCCCCCCCCCCC. The fourth-order valence-electron chi connectivity index (χ4n) is 5.56. The lowest BCUT2D eigenvalue weighted by Crippen LogP contribution is -2.28. The highest BCUT2D eigenvalue weighted by molar-refractivity contribution is 5.70. The van der Waals surface area contributed by atoms with Crippen LogP contribution in [-0.4, -0.2) is 47.6 Å². The minimum Gasteiger partial charge on any atom is -0.462 e. The van der Waals surface area contributed by atoms with Gasteiger partial charge in [0.2, 0.25) is 0 Å². The van der Waals surface area contributed by atoms with E-state index in [4.69, 9.17) is 9.47 Å². The molecule has 0 saturated heterocycles. The number of hydrogen-bond donors (Lipinski definition) is 2. The maximum Gasteiger partial charge on any atom is 0.306 e. The predicted octanol–water partition coefficient (Wildman–Crippen LogP) is 11.0. The molecule has 6 heteroatoms. The zero-order chi connectivity index (χ0) is 34.5. The van der Waals surface area contributed by atoms with Crippen molar-refractivity contribution < 1.29 is 29.3 Å². The molecular formula is C41H74O6. The number of hydrogen-bond acceptors (Lipinski definition) is 6. The molecule has 274 valence electrons. The van der Waals surface area contributed by atoms with Gasteiger partial charge in [-0.1, -0.05) is 179 Å². The summed E-state index contributed by atoms with van der Waals surface area (Å²) in [6.45, 7) is 3.93. The number of ether oxygens (including phenoxy) is 2. The number of aliphatic hydroxyl groups excluding tert-OH is 2. The van der Waals surface area contributed by atoms with Crippen LogP contribution in [0.3, 0.4) is 0 Å². The normalized spacial score (nSPS) is 13.2. The Kier molecular flexibility index (Phi) is 35.4. The Labute approximate surface area is 289 Å². The van der Waals surface area contributed by atoms with E-state index >= 15 is 0 Å². The highest BCUT2D eigenvalue weighted by Crippen LogP contribution is 2.15. The summed E-state index contributed by atoms with van der Waals surface area (Å²) in [6, 6.07) is 0. The van der Waals surface area contributed by atoms with Gasteiger partial charge in [0, 0.05) is 12.8 Å². The fourth-order valence-corrected chi connectivity index (χ4v) is 5.56. The molecule has 47 heavy (non-hydrogen) atoms. The molecule has 2 atom stereocenters. The van der Waals surface area contributed by atoms with Crippen molar-refractivity contribution in [2.24, 2.45) is 0 Å². The van der Waals surface area contributed by atoms with Crippen LogP contribution in [0, 0.1) is 0 Å². The molecule has 0 aliphatic rings. The number of rotatable bonds is 35. The Balaban J connectivity index is 3.62. The van der Waals surface area contributed by atoms with Crippen LogP contribution in [0.4, 0.5) is 0 Å². The molecule has 0 spiro atoms. The first-order valence-electron chi connectivity index (χ1n) is 19.7. The minimum atomic E-state index is -0.800. The molecule has 0 bridgehead atoms. The van der Waals surface area contributed by atoms with Crippen LogP contribution in [-0.2, 0) is 19.1 Å². The van der Waals surface area contributed by atoms with Crippen molar-refractivity contribution in [1.29, 1.82) is 0 Å². The van der Waals surface area contributed by atoms with Crippen molar-refractivity contribution in [3.8, 4) is 0 Å². The van der Waals surface area contributed by atoms with Crippen LogP contribution >= 0.6 is 0 Å². The van der Waals surface area contributed by atoms with Crippen LogP contribution in [0.2, 0.25) is 0 Å². The molecule has 0 rings (SSSR count). The Hall–Kier alpha value is -1.92. The summed E-state index contributed by atoms with van der Waals surface area (Å²) in [5, 5.41) is 19.6. The van der Waals surface area contributed by atoms with Crippen LogP contribution in [0.25, 0.3) is 0 Å². The molecule has 0 amide bonds. The molecule has 0 radical (unpaired) electrons. The van der Waals surface area contributed by atoms with Crippen LogP contribution in [0.5, 0.6) is 0 Å². The average molecular weight is 663 g/mol. The summed E-state index contributed by atoms with van der Waals surface area (Å²) in [7, 11) is 0. The number of aliphatic hydroxyl groups is 2. The van der Waals surface area contributed by atoms with Gasteiger partial charge < -0.3 is 19.7 Å². The standard InChI is InChI=1S/C41H74O6/c1-3-5-7-9-11-12-13-14-15-16-17-18-19-20-22-26-31-35-41(45)47-39(36-42)37-46-40(44)34-30-27-23-25-29-33-38(43)32-28-24-21-10-8-6-4-2/h6,8,21,24,28,32,38-39,42-43H,3-5,7,9-20,22-23,25-27,29-31,33-37H2,1-2H3/b8-6+,24-21+,32-28+/t38?,39-/m0/s1. The molecule has 6 nitrogen and oxygen atoms in total. The van der Waals surface area contributed by atoms with Crippen LogP contribution < -0.4 is 0 Å². The summed E-state index contributed by atoms with van der Waals surface area (Å²) in [6.07, 6.45) is 40.8. The molecule has 0 heterocycles. The summed E-state index contributed by atoms with van der Waals surface area (Å²) in [4.78, 5) is 24.2. The van der Waals surface area contributed by atoms with Gasteiger partial charge in [-0.3, -0.25) is 9.59 Å². The summed E-state index contributed by atoms with van der Waals surface area (Å²) in [5.41, 5.74) is 0. The van der Waals surface area contributed by atoms with E-state index in [1.807, 2.05) is 18.2 Å². The summed E-state index contributed by atoms with van der Waals surface area (Å²) < 4.78 is 10.6. The lowest BCUT2D eigenvalue weighted by atomic mass is 10.0. The predicted molar refractivity (Wildman–Crippen MR) is 197 cm³/mol. The maximum atomic E-state index is 12.2. The Morgan fingerprint density at radius 3 is 1.60 bits per heavy atom. The van der Waals surface area contributed by atoms with Crippen molar-refractivity contribution in [3.05, 3.63) is 36.5 Å². The first-order chi connectivity index (χ1) is 23.0. The Morgan fingerprint density at radius 2 is 1.09 bits per heavy atom. The molecule has 0 aliphatic heterocycles. The Bertz CT molecular complexity index is 774. The molecule has 0 aliphatic carbocycles. The van der Waals surface area contributed by atoms with E-state index in [0.29, 0.717) is 12.8 Å². The number of allylic oxidation sites excluding steroid dienone is 5. The lowest BCUT2D eigenvalue weighted by Gasteiger charge is -2.15. The van der Waals surface area contributed by atoms with Crippen molar-refractivity contribution in [1.82, 2.24) is 0 Å². The first-order valence-corrected chi connectivity index (χ1v) is 19.7. The fraction of sp³-hybridized carbons (Fsp3) is 0.805. The van der Waals surface area contributed by atoms with E-state index in [9.17, 15) is 19.8 Å². The molecule has 1 unspecified atom stereocenters. The van der Waals surface area contributed by atoms with E-state index < -0.39 is 12.2 Å². The highest BCUT2D eigenvalue weighted by atomic mass is 16.6. The summed E-state index contributed by atoms with van der Waals surface area (Å²) in [5.74, 6) is -0.663.